The molecule has 78 valence electrons. The predicted octanol–water partition coefficient (Wildman–Crippen LogP) is 1.81. The lowest BCUT2D eigenvalue weighted by Crippen LogP contribution is -2.30. The zero-order chi connectivity index (χ0) is 9.68. The molecule has 0 bridgehead atoms. The summed E-state index contributed by atoms with van der Waals surface area (Å²) in [7, 11) is 2.22. The van der Waals surface area contributed by atoms with E-state index in [1.165, 1.54) is 45.4 Å². The maximum atomic E-state index is 2.59. The van der Waals surface area contributed by atoms with Gasteiger partial charge in [-0.3, -0.25) is 0 Å². The van der Waals surface area contributed by atoms with Gasteiger partial charge < -0.3 is 9.80 Å². The minimum absolute atomic E-state index is 0.693. The average molecular weight is 184 g/mol. The summed E-state index contributed by atoms with van der Waals surface area (Å²) in [6, 6.07) is 0.693. The van der Waals surface area contributed by atoms with Gasteiger partial charge in [0.2, 0.25) is 0 Å². The molecule has 1 aliphatic rings. The van der Waals surface area contributed by atoms with Gasteiger partial charge in [0, 0.05) is 6.04 Å². The van der Waals surface area contributed by atoms with Gasteiger partial charge in [0.15, 0.2) is 0 Å². The minimum atomic E-state index is 0.693. The molecule has 0 amide bonds. The average Bonchev–Trinajstić information content (AvgIpc) is 2.56. The fourth-order valence-corrected chi connectivity index (χ4v) is 1.81. The van der Waals surface area contributed by atoms with Gasteiger partial charge in [-0.2, -0.15) is 0 Å². The predicted molar refractivity (Wildman–Crippen MR) is 58.1 cm³/mol. The second kappa shape index (κ2) is 5.61. The van der Waals surface area contributed by atoms with E-state index in [0.29, 0.717) is 6.04 Å². The largest absolute Gasteiger partial charge is 0.304 e. The van der Waals surface area contributed by atoms with Gasteiger partial charge in [0.25, 0.3) is 0 Å². The summed E-state index contributed by atoms with van der Waals surface area (Å²) in [6.07, 6.45) is 4.16. The van der Waals surface area contributed by atoms with Crippen LogP contribution in [-0.4, -0.2) is 49.1 Å². The first-order chi connectivity index (χ1) is 6.20. The molecule has 2 nitrogen and oxygen atoms in total. The molecule has 0 aromatic rings. The van der Waals surface area contributed by atoms with Crippen LogP contribution in [0.1, 0.15) is 33.1 Å². The molecule has 0 unspecified atom stereocenters. The van der Waals surface area contributed by atoms with Crippen molar-refractivity contribution in [1.82, 2.24) is 9.80 Å². The van der Waals surface area contributed by atoms with Crippen LogP contribution < -0.4 is 0 Å². The molecule has 0 aromatic carbocycles. The van der Waals surface area contributed by atoms with E-state index in [1.807, 2.05) is 0 Å². The fourth-order valence-electron chi connectivity index (χ4n) is 1.81. The van der Waals surface area contributed by atoms with E-state index < -0.39 is 0 Å². The Kier molecular flexibility index (Phi) is 4.74. The number of nitrogens with zero attached hydrogens (tertiary/aromatic N) is 2. The second-order valence-corrected chi connectivity index (χ2v) is 4.48. The lowest BCUT2D eigenvalue weighted by Gasteiger charge is -2.22. The first kappa shape index (κ1) is 11.0. The van der Waals surface area contributed by atoms with Crippen molar-refractivity contribution in [2.75, 3.05) is 33.2 Å². The number of rotatable bonds is 5. The number of hydrogen-bond acceptors (Lipinski definition) is 2. The van der Waals surface area contributed by atoms with E-state index >= 15 is 0 Å². The Bertz CT molecular complexity index is 126. The van der Waals surface area contributed by atoms with Crippen LogP contribution in [0.2, 0.25) is 0 Å². The maximum absolute atomic E-state index is 2.59. The van der Waals surface area contributed by atoms with Gasteiger partial charge in [-0.15, -0.1) is 0 Å². The molecule has 1 heterocycles. The third-order valence-corrected chi connectivity index (χ3v) is 3.07. The first-order valence-electron chi connectivity index (χ1n) is 5.63. The molecular weight excluding hydrogens is 160 g/mol. The molecule has 0 aromatic heterocycles. The smallest absolute Gasteiger partial charge is 0.00355 e. The quantitative estimate of drug-likeness (QED) is 0.643. The van der Waals surface area contributed by atoms with Crippen molar-refractivity contribution in [3.05, 3.63) is 0 Å². The maximum Gasteiger partial charge on any atom is 0.00355 e. The van der Waals surface area contributed by atoms with Crippen LogP contribution in [0, 0.1) is 0 Å². The van der Waals surface area contributed by atoms with Crippen LogP contribution >= 0.6 is 0 Å². The van der Waals surface area contributed by atoms with Gasteiger partial charge >= 0.3 is 0 Å². The Morgan fingerprint density at radius 2 is 1.85 bits per heavy atom. The van der Waals surface area contributed by atoms with Crippen molar-refractivity contribution in [2.45, 2.75) is 39.2 Å². The Balaban J connectivity index is 1.99. The summed E-state index contributed by atoms with van der Waals surface area (Å²) in [5, 5.41) is 0. The molecule has 0 radical (unpaired) electrons. The molecule has 2 heteroatoms. The first-order valence-corrected chi connectivity index (χ1v) is 5.63. The van der Waals surface area contributed by atoms with Crippen molar-refractivity contribution >= 4 is 0 Å². The summed E-state index contributed by atoms with van der Waals surface area (Å²) in [6.45, 7) is 9.74. The van der Waals surface area contributed by atoms with E-state index in [-0.39, 0.29) is 0 Å². The highest BCUT2D eigenvalue weighted by atomic mass is 15.2. The molecule has 0 N–H and O–H groups in total. The van der Waals surface area contributed by atoms with E-state index in [4.69, 9.17) is 0 Å². The van der Waals surface area contributed by atoms with Crippen LogP contribution in [-0.2, 0) is 0 Å². The van der Waals surface area contributed by atoms with Crippen LogP contribution in [0.25, 0.3) is 0 Å². The van der Waals surface area contributed by atoms with E-state index in [9.17, 15) is 0 Å². The molecule has 1 aliphatic heterocycles. The van der Waals surface area contributed by atoms with Crippen molar-refractivity contribution in [2.24, 2.45) is 0 Å². The summed E-state index contributed by atoms with van der Waals surface area (Å²) in [5.41, 5.74) is 0. The van der Waals surface area contributed by atoms with E-state index in [0.717, 1.165) is 0 Å². The summed E-state index contributed by atoms with van der Waals surface area (Å²) >= 11 is 0. The van der Waals surface area contributed by atoms with Crippen molar-refractivity contribution < 1.29 is 0 Å². The van der Waals surface area contributed by atoms with Gasteiger partial charge in [0.05, 0.1) is 0 Å². The molecule has 1 fully saturated rings. The topological polar surface area (TPSA) is 6.48 Å². The molecular formula is C11H24N2. The van der Waals surface area contributed by atoms with Crippen LogP contribution in [0.4, 0.5) is 0 Å². The Morgan fingerprint density at radius 1 is 1.23 bits per heavy atom. The summed E-state index contributed by atoms with van der Waals surface area (Å²) in [4.78, 5) is 5.02. The van der Waals surface area contributed by atoms with Crippen LogP contribution in [0.5, 0.6) is 0 Å². The lowest BCUT2D eigenvalue weighted by atomic mass is 10.3. The van der Waals surface area contributed by atoms with Crippen LogP contribution in [0.15, 0.2) is 0 Å². The zero-order valence-electron chi connectivity index (χ0n) is 9.42. The lowest BCUT2D eigenvalue weighted by molar-refractivity contribution is 0.245. The molecule has 1 rings (SSSR count). The third-order valence-electron chi connectivity index (χ3n) is 3.07. The molecule has 13 heavy (non-hydrogen) atoms. The monoisotopic (exact) mass is 184 g/mol. The highest BCUT2D eigenvalue weighted by Crippen LogP contribution is 2.07. The van der Waals surface area contributed by atoms with Gasteiger partial charge in [-0.05, 0) is 66.3 Å². The zero-order valence-corrected chi connectivity index (χ0v) is 9.42. The molecule has 0 atom stereocenters. The fraction of sp³-hybridized carbons (Fsp3) is 1.00. The highest BCUT2D eigenvalue weighted by Gasteiger charge is 2.11. The van der Waals surface area contributed by atoms with Crippen molar-refractivity contribution in [3.63, 3.8) is 0 Å². The Hall–Kier alpha value is -0.0800. The minimum Gasteiger partial charge on any atom is -0.304 e. The van der Waals surface area contributed by atoms with Gasteiger partial charge in [0.1, 0.15) is 0 Å². The Morgan fingerprint density at radius 3 is 2.38 bits per heavy atom. The van der Waals surface area contributed by atoms with E-state index in [2.05, 4.69) is 30.7 Å². The Labute approximate surface area is 82.9 Å². The molecule has 0 spiro atoms. The number of likely N-dealkylation sites (tertiary alicyclic amines) is 1. The summed E-state index contributed by atoms with van der Waals surface area (Å²) < 4.78 is 0. The number of hydrogen-bond donors (Lipinski definition) is 0. The van der Waals surface area contributed by atoms with Gasteiger partial charge in [-0.1, -0.05) is 0 Å². The highest BCUT2D eigenvalue weighted by molar-refractivity contribution is 4.67. The third kappa shape index (κ3) is 4.10. The molecule has 0 saturated carbocycles. The standard InChI is InChI=1S/C11H24N2/c1-11(2)12(3)7-6-10-13-8-4-5-9-13/h11H,4-10H2,1-3H3. The molecule has 1 saturated heterocycles. The second-order valence-electron chi connectivity index (χ2n) is 4.48. The molecule has 0 aliphatic carbocycles. The van der Waals surface area contributed by atoms with E-state index in [1.54, 1.807) is 0 Å². The van der Waals surface area contributed by atoms with Crippen molar-refractivity contribution in [3.8, 4) is 0 Å². The summed E-state index contributed by atoms with van der Waals surface area (Å²) in [5.74, 6) is 0. The normalized spacial score (nSPS) is 19.2. The van der Waals surface area contributed by atoms with Crippen molar-refractivity contribution in [1.29, 1.82) is 0 Å². The van der Waals surface area contributed by atoms with Gasteiger partial charge in [-0.25, -0.2) is 0 Å². The SMILES string of the molecule is CC(C)N(C)CCCN1CCCC1. The van der Waals surface area contributed by atoms with Crippen LogP contribution in [0.3, 0.4) is 0 Å².